The molecule has 0 aliphatic carbocycles. The van der Waals surface area contributed by atoms with E-state index in [1.54, 1.807) is 7.11 Å². The molecule has 14 heavy (non-hydrogen) atoms. The van der Waals surface area contributed by atoms with Gasteiger partial charge < -0.3 is 13.8 Å². The first-order chi connectivity index (χ1) is 6.37. The van der Waals surface area contributed by atoms with Gasteiger partial charge in [-0.2, -0.15) is 0 Å². The lowest BCUT2D eigenvalue weighted by molar-refractivity contribution is 0.0352. The quantitative estimate of drug-likeness (QED) is 0.683. The van der Waals surface area contributed by atoms with Crippen LogP contribution in [0.1, 0.15) is 20.8 Å². The Morgan fingerprint density at radius 2 is 1.79 bits per heavy atom. The van der Waals surface area contributed by atoms with Crippen LogP contribution < -0.4 is 0 Å². The van der Waals surface area contributed by atoms with Crippen LogP contribution in [0.2, 0.25) is 0 Å². The third-order valence-corrected chi connectivity index (χ3v) is 4.34. The Labute approximate surface area is 86.9 Å². The molecule has 1 aliphatic heterocycles. The normalized spacial score (nSPS) is 42.4. The van der Waals surface area contributed by atoms with Gasteiger partial charge in [-0.05, 0) is 13.8 Å². The molecule has 0 spiro atoms. The van der Waals surface area contributed by atoms with Gasteiger partial charge in [-0.25, -0.2) is 0 Å². The van der Waals surface area contributed by atoms with Gasteiger partial charge in [-0.3, -0.25) is 0 Å². The number of rotatable bonds is 3. The Balaban J connectivity index is 2.65. The van der Waals surface area contributed by atoms with Crippen molar-refractivity contribution >= 4 is 13.6 Å². The van der Waals surface area contributed by atoms with E-state index < -0.39 is 7.34 Å². The minimum Gasteiger partial charge on any atom is -0.372 e. The first-order valence-corrected chi connectivity index (χ1v) is 7.23. The fourth-order valence-corrected chi connectivity index (χ4v) is 2.68. The van der Waals surface area contributed by atoms with Crippen molar-refractivity contribution < 1.29 is 13.8 Å². The van der Waals surface area contributed by atoms with E-state index in [1.807, 2.05) is 13.6 Å². The Bertz CT molecular complexity index is 242. The molecule has 84 valence electrons. The molecule has 0 aromatic heterocycles. The van der Waals surface area contributed by atoms with Crippen molar-refractivity contribution in [1.82, 2.24) is 0 Å². The fraction of sp³-hybridized carbons (Fsp3) is 0.900. The summed E-state index contributed by atoms with van der Waals surface area (Å²) >= 11 is 0. The molecule has 1 saturated heterocycles. The number of ether oxygens (including phenoxy) is 1. The van der Waals surface area contributed by atoms with E-state index in [4.69, 9.17) is 13.8 Å². The van der Waals surface area contributed by atoms with Crippen molar-refractivity contribution in [3.8, 4) is 0 Å². The molecule has 5 unspecified atom stereocenters. The fourth-order valence-electron chi connectivity index (χ4n) is 1.72. The van der Waals surface area contributed by atoms with Gasteiger partial charge in [-0.1, -0.05) is 13.2 Å². The minimum absolute atomic E-state index is 0.112. The van der Waals surface area contributed by atoms with E-state index in [1.165, 1.54) is 0 Å². The lowest BCUT2D eigenvalue weighted by Crippen LogP contribution is -2.26. The summed E-state index contributed by atoms with van der Waals surface area (Å²) in [6.07, 6.45) is 4.46. The molecule has 4 heteroatoms. The third kappa shape index (κ3) is 2.60. The summed E-state index contributed by atoms with van der Waals surface area (Å²) in [5.41, 5.74) is 0. The molecule has 1 aliphatic rings. The zero-order valence-electron chi connectivity index (χ0n) is 9.69. The second-order valence-corrected chi connectivity index (χ2v) is 6.78. The zero-order valence-corrected chi connectivity index (χ0v) is 10.6. The van der Waals surface area contributed by atoms with Crippen molar-refractivity contribution in [3.63, 3.8) is 0 Å². The summed E-state index contributed by atoms with van der Waals surface area (Å²) in [7, 11) is -0.256. The smallest absolute Gasteiger partial charge is 0.114 e. The predicted octanol–water partition coefficient (Wildman–Crippen LogP) is 2.37. The summed E-state index contributed by atoms with van der Waals surface area (Å²) in [6.45, 7) is 8.19. The maximum atomic E-state index is 5.90. The molecule has 0 bridgehead atoms. The molecule has 3 nitrogen and oxygen atoms in total. The van der Waals surface area contributed by atoms with Crippen molar-refractivity contribution in [1.29, 1.82) is 0 Å². The highest BCUT2D eigenvalue weighted by atomic mass is 31.2. The zero-order chi connectivity index (χ0) is 10.9. The van der Waals surface area contributed by atoms with Crippen molar-refractivity contribution in [3.05, 3.63) is 0 Å². The van der Waals surface area contributed by atoms with E-state index in [9.17, 15) is 0 Å². The van der Waals surface area contributed by atoms with E-state index in [0.29, 0.717) is 5.92 Å². The molecule has 5 atom stereocenters. The second-order valence-electron chi connectivity index (χ2n) is 4.17. The predicted molar refractivity (Wildman–Crippen MR) is 61.0 cm³/mol. The SMILES string of the molecule is C=P(C)(OC)OC1C(C)OC(C)C1C. The highest BCUT2D eigenvalue weighted by molar-refractivity contribution is 7.63. The summed E-state index contributed by atoms with van der Waals surface area (Å²) < 4.78 is 16.8. The van der Waals surface area contributed by atoms with Crippen LogP contribution in [0, 0.1) is 5.92 Å². The van der Waals surface area contributed by atoms with Crippen LogP contribution in [0.3, 0.4) is 0 Å². The molecular formula is C10H21O3P. The van der Waals surface area contributed by atoms with Gasteiger partial charge in [0.15, 0.2) is 0 Å². The Morgan fingerprint density at radius 3 is 2.14 bits per heavy atom. The summed E-state index contributed by atoms with van der Waals surface area (Å²) in [4.78, 5) is 0. The van der Waals surface area contributed by atoms with E-state index in [-0.39, 0.29) is 18.3 Å². The van der Waals surface area contributed by atoms with E-state index >= 15 is 0 Å². The Kier molecular flexibility index (Phi) is 3.81. The van der Waals surface area contributed by atoms with Gasteiger partial charge in [0, 0.05) is 19.7 Å². The average Bonchev–Trinajstić information content (AvgIpc) is 2.32. The second kappa shape index (κ2) is 4.36. The maximum absolute atomic E-state index is 5.90. The lowest BCUT2D eigenvalue weighted by Gasteiger charge is -2.26. The van der Waals surface area contributed by atoms with Gasteiger partial charge in [0.05, 0.1) is 18.3 Å². The largest absolute Gasteiger partial charge is 0.372 e. The van der Waals surface area contributed by atoms with Crippen LogP contribution in [0.4, 0.5) is 0 Å². The molecule has 0 aromatic rings. The van der Waals surface area contributed by atoms with Crippen LogP contribution in [0.25, 0.3) is 0 Å². The molecule has 0 N–H and O–H groups in total. The van der Waals surface area contributed by atoms with Crippen LogP contribution in [0.15, 0.2) is 0 Å². The molecule has 0 radical (unpaired) electrons. The van der Waals surface area contributed by atoms with Gasteiger partial charge in [0.25, 0.3) is 0 Å². The summed E-state index contributed by atoms with van der Waals surface area (Å²) in [5.74, 6) is 0.404. The lowest BCUT2D eigenvalue weighted by atomic mass is 10.0. The summed E-state index contributed by atoms with van der Waals surface area (Å²) in [5, 5.41) is 0. The third-order valence-electron chi connectivity index (χ3n) is 2.88. The number of hydrogen-bond acceptors (Lipinski definition) is 3. The molecule has 0 aromatic carbocycles. The van der Waals surface area contributed by atoms with Crippen LogP contribution in [0.5, 0.6) is 0 Å². The molecular weight excluding hydrogens is 199 g/mol. The van der Waals surface area contributed by atoms with E-state index in [0.717, 1.165) is 0 Å². The number of hydrogen-bond donors (Lipinski definition) is 0. The topological polar surface area (TPSA) is 27.7 Å². The summed E-state index contributed by atoms with van der Waals surface area (Å²) in [6, 6.07) is 0. The van der Waals surface area contributed by atoms with E-state index in [2.05, 4.69) is 20.1 Å². The van der Waals surface area contributed by atoms with Gasteiger partial charge >= 0.3 is 0 Å². The molecule has 0 saturated carbocycles. The van der Waals surface area contributed by atoms with Crippen molar-refractivity contribution in [2.45, 2.75) is 39.1 Å². The first-order valence-electron chi connectivity index (χ1n) is 4.98. The van der Waals surface area contributed by atoms with Gasteiger partial charge in [0.1, 0.15) is 7.34 Å². The molecule has 1 rings (SSSR count). The first kappa shape index (κ1) is 12.3. The Hall–Kier alpha value is 0.180. The van der Waals surface area contributed by atoms with Crippen LogP contribution in [-0.2, 0) is 13.8 Å². The molecule has 0 amide bonds. The van der Waals surface area contributed by atoms with Crippen LogP contribution in [-0.4, -0.2) is 38.4 Å². The monoisotopic (exact) mass is 220 g/mol. The Morgan fingerprint density at radius 1 is 1.21 bits per heavy atom. The highest BCUT2D eigenvalue weighted by Crippen LogP contribution is 2.47. The molecule has 1 heterocycles. The van der Waals surface area contributed by atoms with Crippen molar-refractivity contribution in [2.24, 2.45) is 5.92 Å². The van der Waals surface area contributed by atoms with Crippen LogP contribution >= 0.6 is 7.34 Å². The standard InChI is InChI=1S/C10H21O3P/c1-7-8(2)12-9(3)10(7)13-14(5,6)11-4/h7-10H,5H2,1-4,6H3. The highest BCUT2D eigenvalue weighted by Gasteiger charge is 2.39. The van der Waals surface area contributed by atoms with Gasteiger partial charge in [0.2, 0.25) is 0 Å². The minimum atomic E-state index is -1.90. The van der Waals surface area contributed by atoms with Crippen molar-refractivity contribution in [2.75, 3.05) is 13.8 Å². The van der Waals surface area contributed by atoms with Gasteiger partial charge in [-0.15, -0.1) is 0 Å². The maximum Gasteiger partial charge on any atom is 0.114 e. The molecule has 1 fully saturated rings. The average molecular weight is 220 g/mol.